The van der Waals surface area contributed by atoms with Crippen molar-refractivity contribution >= 4 is 11.9 Å². The van der Waals surface area contributed by atoms with E-state index in [9.17, 15) is 19.1 Å². The van der Waals surface area contributed by atoms with Crippen LogP contribution in [0.5, 0.6) is 0 Å². The van der Waals surface area contributed by atoms with E-state index in [1.165, 1.54) is 23.1 Å². The van der Waals surface area contributed by atoms with Crippen LogP contribution in [0.4, 0.5) is 9.18 Å². The van der Waals surface area contributed by atoms with Crippen molar-refractivity contribution in [3.63, 3.8) is 0 Å². The van der Waals surface area contributed by atoms with Crippen molar-refractivity contribution in [2.75, 3.05) is 13.1 Å². The summed E-state index contributed by atoms with van der Waals surface area (Å²) in [7, 11) is 0. The van der Waals surface area contributed by atoms with Gasteiger partial charge in [0.05, 0.1) is 30.0 Å². The molecule has 2 aliphatic heterocycles. The number of carbonyl (C=O) groups is 2. The third-order valence-corrected chi connectivity index (χ3v) is 3.69. The van der Waals surface area contributed by atoms with E-state index in [-0.39, 0.29) is 19.0 Å². The molecule has 116 valence electrons. The number of benzene rings is 1. The van der Waals surface area contributed by atoms with Crippen molar-refractivity contribution in [1.29, 1.82) is 0 Å². The van der Waals surface area contributed by atoms with Gasteiger partial charge in [0.25, 0.3) is 5.91 Å². The molecule has 7 heteroatoms. The highest BCUT2D eigenvalue weighted by Crippen LogP contribution is 2.32. The summed E-state index contributed by atoms with van der Waals surface area (Å²) in [6.45, 7) is 2.00. The minimum Gasteiger partial charge on any atom is -0.392 e. The minimum atomic E-state index is -0.689. The van der Waals surface area contributed by atoms with E-state index in [0.717, 1.165) is 0 Å². The number of nitrogens with one attached hydrogen (secondary N) is 2. The number of halogens is 1. The van der Waals surface area contributed by atoms with E-state index in [1.54, 1.807) is 13.0 Å². The van der Waals surface area contributed by atoms with Gasteiger partial charge in [0.15, 0.2) is 0 Å². The van der Waals surface area contributed by atoms with Gasteiger partial charge in [0.2, 0.25) is 0 Å². The van der Waals surface area contributed by atoms with Crippen molar-refractivity contribution in [2.45, 2.75) is 19.1 Å². The van der Waals surface area contributed by atoms with Crippen molar-refractivity contribution < 1.29 is 19.1 Å². The van der Waals surface area contributed by atoms with Gasteiger partial charge in [-0.05, 0) is 24.6 Å². The van der Waals surface area contributed by atoms with Gasteiger partial charge in [0, 0.05) is 6.54 Å². The number of aliphatic hydroxyl groups excluding tert-OH is 1. The first-order chi connectivity index (χ1) is 10.5. The molecule has 2 heterocycles. The van der Waals surface area contributed by atoms with Crippen molar-refractivity contribution in [3.05, 3.63) is 46.9 Å². The predicted molar refractivity (Wildman–Crippen MR) is 76.1 cm³/mol. The highest BCUT2D eigenvalue weighted by atomic mass is 19.1. The molecule has 2 aliphatic rings. The average molecular weight is 305 g/mol. The molecule has 0 fully saturated rings. The Morgan fingerprint density at radius 1 is 1.45 bits per heavy atom. The van der Waals surface area contributed by atoms with Crippen LogP contribution < -0.4 is 10.6 Å². The maximum absolute atomic E-state index is 13.4. The van der Waals surface area contributed by atoms with E-state index >= 15 is 0 Å². The molecule has 0 bridgehead atoms. The molecule has 0 radical (unpaired) electrons. The Bertz CT molecular complexity index is 672. The Hall–Kier alpha value is -2.41. The fraction of sp³-hybridized carbons (Fsp3) is 0.333. The van der Waals surface area contributed by atoms with Crippen molar-refractivity contribution in [1.82, 2.24) is 15.5 Å². The Kier molecular flexibility index (Phi) is 3.58. The molecule has 1 aromatic rings. The number of hydrogen-bond donors (Lipinski definition) is 3. The fourth-order valence-corrected chi connectivity index (χ4v) is 2.83. The molecule has 22 heavy (non-hydrogen) atoms. The number of nitrogens with zero attached hydrogens (tertiary/aromatic N) is 1. The summed E-state index contributed by atoms with van der Waals surface area (Å²) in [5.41, 5.74) is 1.41. The maximum atomic E-state index is 13.4. The number of rotatable bonds is 3. The second kappa shape index (κ2) is 5.42. The topological polar surface area (TPSA) is 81.7 Å². The molecule has 3 amide bonds. The number of aliphatic hydroxyl groups is 1. The number of hydrogen-bond acceptors (Lipinski definition) is 3. The molecular formula is C15H16FN3O3. The van der Waals surface area contributed by atoms with Crippen LogP contribution in [-0.4, -0.2) is 41.1 Å². The summed E-state index contributed by atoms with van der Waals surface area (Å²) in [4.78, 5) is 25.8. The van der Waals surface area contributed by atoms with Crippen LogP contribution in [0.3, 0.4) is 0 Å². The highest BCUT2D eigenvalue weighted by molar-refractivity contribution is 6.01. The Balaban J connectivity index is 1.96. The molecule has 3 N–H and O–H groups in total. The van der Waals surface area contributed by atoms with E-state index in [4.69, 9.17) is 0 Å². The first kappa shape index (κ1) is 14.5. The molecule has 0 aromatic heterocycles. The van der Waals surface area contributed by atoms with E-state index in [0.29, 0.717) is 16.8 Å². The van der Waals surface area contributed by atoms with Gasteiger partial charge in [-0.1, -0.05) is 12.1 Å². The quantitative estimate of drug-likeness (QED) is 0.767. The largest absolute Gasteiger partial charge is 0.392 e. The zero-order chi connectivity index (χ0) is 15.9. The van der Waals surface area contributed by atoms with Crippen LogP contribution in [0.2, 0.25) is 0 Å². The molecule has 3 rings (SSSR count). The molecule has 2 atom stereocenters. The summed E-state index contributed by atoms with van der Waals surface area (Å²) >= 11 is 0. The number of amides is 3. The van der Waals surface area contributed by atoms with Crippen molar-refractivity contribution in [3.8, 4) is 0 Å². The standard InChI is InChI=1S/C15H16FN3O3/c1-8(20)6-19-7-11-12(14(19)21)13(18-15(22)17-11)9-3-2-4-10(16)5-9/h2-5,8,13,20H,6-7H2,1H3,(H2,17,18,22)/t8-,13-/m1/s1. The zero-order valence-corrected chi connectivity index (χ0v) is 12.0. The first-order valence-electron chi connectivity index (χ1n) is 6.99. The monoisotopic (exact) mass is 305 g/mol. The first-order valence-corrected chi connectivity index (χ1v) is 6.99. The lowest BCUT2D eigenvalue weighted by atomic mass is 9.96. The van der Waals surface area contributed by atoms with Gasteiger partial charge < -0.3 is 20.6 Å². The molecule has 0 saturated carbocycles. The Morgan fingerprint density at radius 3 is 2.91 bits per heavy atom. The summed E-state index contributed by atoms with van der Waals surface area (Å²) in [5.74, 6) is -0.698. The van der Waals surface area contributed by atoms with Gasteiger partial charge in [-0.3, -0.25) is 4.79 Å². The summed E-state index contributed by atoms with van der Waals surface area (Å²) in [6, 6.07) is 4.68. The normalized spacial score (nSPS) is 22.3. The van der Waals surface area contributed by atoms with E-state index in [2.05, 4.69) is 10.6 Å². The van der Waals surface area contributed by atoms with Crippen molar-refractivity contribution in [2.24, 2.45) is 0 Å². The van der Waals surface area contributed by atoms with Crippen LogP contribution in [0, 0.1) is 5.82 Å². The second-order valence-electron chi connectivity index (χ2n) is 5.51. The lowest BCUT2D eigenvalue weighted by Gasteiger charge is -2.25. The molecular weight excluding hydrogens is 289 g/mol. The summed E-state index contributed by atoms with van der Waals surface area (Å²) in [6.07, 6.45) is -0.665. The SMILES string of the molecule is C[C@@H](O)CN1CC2=C(C1=O)[C@@H](c1cccc(F)c1)NC(=O)N2. The molecule has 1 aromatic carbocycles. The summed E-state index contributed by atoms with van der Waals surface area (Å²) in [5, 5.41) is 14.7. The minimum absolute atomic E-state index is 0.178. The van der Waals surface area contributed by atoms with Gasteiger partial charge in [0.1, 0.15) is 5.82 Å². The van der Waals surface area contributed by atoms with Crippen LogP contribution in [0.1, 0.15) is 18.5 Å². The molecule has 6 nitrogen and oxygen atoms in total. The average Bonchev–Trinajstić information content (AvgIpc) is 2.73. The number of urea groups is 1. The van der Waals surface area contributed by atoms with Gasteiger partial charge in [-0.25, -0.2) is 9.18 Å². The Labute approximate surface area is 126 Å². The molecule has 0 spiro atoms. The van der Waals surface area contributed by atoms with Gasteiger partial charge in [-0.2, -0.15) is 0 Å². The molecule has 0 unspecified atom stereocenters. The fourth-order valence-electron chi connectivity index (χ4n) is 2.83. The van der Waals surface area contributed by atoms with Gasteiger partial charge in [-0.15, -0.1) is 0 Å². The van der Waals surface area contributed by atoms with E-state index in [1.807, 2.05) is 0 Å². The van der Waals surface area contributed by atoms with Crippen LogP contribution in [0.15, 0.2) is 35.5 Å². The third kappa shape index (κ3) is 2.55. The second-order valence-corrected chi connectivity index (χ2v) is 5.51. The maximum Gasteiger partial charge on any atom is 0.319 e. The predicted octanol–water partition coefficient (Wildman–Crippen LogP) is 0.657. The highest BCUT2D eigenvalue weighted by Gasteiger charge is 2.40. The lowest BCUT2D eigenvalue weighted by Crippen LogP contribution is -2.44. The summed E-state index contributed by atoms with van der Waals surface area (Å²) < 4.78 is 13.4. The third-order valence-electron chi connectivity index (χ3n) is 3.69. The smallest absolute Gasteiger partial charge is 0.319 e. The van der Waals surface area contributed by atoms with Gasteiger partial charge >= 0.3 is 6.03 Å². The Morgan fingerprint density at radius 2 is 2.23 bits per heavy atom. The van der Waals surface area contributed by atoms with Crippen LogP contribution in [0.25, 0.3) is 0 Å². The van der Waals surface area contributed by atoms with Crippen LogP contribution >= 0.6 is 0 Å². The molecule has 0 aliphatic carbocycles. The lowest BCUT2D eigenvalue weighted by molar-refractivity contribution is -0.126. The van der Waals surface area contributed by atoms with Crippen LogP contribution in [-0.2, 0) is 4.79 Å². The van der Waals surface area contributed by atoms with E-state index < -0.39 is 24.0 Å². The molecule has 0 saturated heterocycles. The number of carbonyl (C=O) groups excluding carboxylic acids is 2. The number of β-amino-alcohol motifs (C(OH)–C–C–N with tert-alkyl or cyclic N) is 1. The zero-order valence-electron chi connectivity index (χ0n) is 12.0.